The highest BCUT2D eigenvalue weighted by atomic mass is 16.2. The zero-order valence-electron chi connectivity index (χ0n) is 12.8. The van der Waals surface area contributed by atoms with Gasteiger partial charge in [0.25, 0.3) is 0 Å². The van der Waals surface area contributed by atoms with Gasteiger partial charge in [-0.3, -0.25) is 9.69 Å². The van der Waals surface area contributed by atoms with Gasteiger partial charge in [-0.2, -0.15) is 0 Å². The second-order valence-corrected chi connectivity index (χ2v) is 6.69. The van der Waals surface area contributed by atoms with E-state index in [1.165, 1.54) is 18.5 Å². The van der Waals surface area contributed by atoms with Gasteiger partial charge in [0.15, 0.2) is 0 Å². The first-order valence-electron chi connectivity index (χ1n) is 8.46. The number of hydrogen-bond donors (Lipinski definition) is 0. The number of piperidine rings is 1. The van der Waals surface area contributed by atoms with Crippen molar-refractivity contribution < 1.29 is 9.59 Å². The first kappa shape index (κ1) is 14.8. The first-order valence-corrected chi connectivity index (χ1v) is 8.46. The molecule has 1 aliphatic heterocycles. The molecule has 0 aromatic heterocycles. The lowest BCUT2D eigenvalue weighted by atomic mass is 9.98. The summed E-state index contributed by atoms with van der Waals surface area (Å²) in [6.45, 7) is 2.29. The summed E-state index contributed by atoms with van der Waals surface area (Å²) in [5, 5.41) is 0. The van der Waals surface area contributed by atoms with Crippen molar-refractivity contribution in [2.75, 3.05) is 19.6 Å². The average Bonchev–Trinajstić information content (AvgIpc) is 3.34. The van der Waals surface area contributed by atoms with Gasteiger partial charge in [0.2, 0.25) is 5.91 Å². The molecule has 0 bridgehead atoms. The summed E-state index contributed by atoms with van der Waals surface area (Å²) < 4.78 is 0. The summed E-state index contributed by atoms with van der Waals surface area (Å²) in [4.78, 5) is 27.8. The maximum atomic E-state index is 12.7. The van der Waals surface area contributed by atoms with Crippen molar-refractivity contribution in [2.24, 2.45) is 5.92 Å². The van der Waals surface area contributed by atoms with Gasteiger partial charge in [0.1, 0.15) is 6.29 Å². The number of amides is 1. The van der Waals surface area contributed by atoms with Gasteiger partial charge in [-0.25, -0.2) is 0 Å². The summed E-state index contributed by atoms with van der Waals surface area (Å²) in [6, 6.07) is 0.467. The van der Waals surface area contributed by atoms with Gasteiger partial charge >= 0.3 is 0 Å². The lowest BCUT2D eigenvalue weighted by Gasteiger charge is -2.33. The lowest BCUT2D eigenvalue weighted by molar-refractivity contribution is -0.131. The average molecular weight is 290 g/mol. The molecule has 21 heavy (non-hydrogen) atoms. The Morgan fingerprint density at radius 2 is 2.00 bits per heavy atom. The Bertz CT molecular complexity index is 421. The Hall–Kier alpha value is -1.16. The fraction of sp³-hybridized carbons (Fsp3) is 0.765. The normalized spacial score (nSPS) is 24.5. The third-order valence-electron chi connectivity index (χ3n) is 4.94. The second kappa shape index (κ2) is 6.73. The SMILES string of the molecule is O=CC1CCN(CC(=O)N(C2=CCCCC2)C2CC2)CC1. The van der Waals surface area contributed by atoms with E-state index in [2.05, 4.69) is 15.9 Å². The molecule has 0 N–H and O–H groups in total. The van der Waals surface area contributed by atoms with E-state index in [4.69, 9.17) is 0 Å². The molecule has 1 saturated heterocycles. The predicted octanol–water partition coefficient (Wildman–Crippen LogP) is 2.35. The topological polar surface area (TPSA) is 40.6 Å². The van der Waals surface area contributed by atoms with Crippen LogP contribution in [0.3, 0.4) is 0 Å². The molecule has 2 fully saturated rings. The molecule has 0 aromatic rings. The number of carbonyl (C=O) groups is 2. The van der Waals surface area contributed by atoms with Crippen molar-refractivity contribution in [3.63, 3.8) is 0 Å². The minimum Gasteiger partial charge on any atom is -0.312 e. The maximum Gasteiger partial charge on any atom is 0.241 e. The molecule has 3 aliphatic rings. The van der Waals surface area contributed by atoms with Gasteiger partial charge < -0.3 is 9.69 Å². The zero-order valence-corrected chi connectivity index (χ0v) is 12.8. The first-order chi connectivity index (χ1) is 10.3. The van der Waals surface area contributed by atoms with Crippen LogP contribution < -0.4 is 0 Å². The van der Waals surface area contributed by atoms with Crippen molar-refractivity contribution >= 4 is 12.2 Å². The zero-order chi connectivity index (χ0) is 14.7. The van der Waals surface area contributed by atoms with Crippen LogP contribution >= 0.6 is 0 Å². The van der Waals surface area contributed by atoms with Crippen LogP contribution in [-0.4, -0.2) is 47.7 Å². The number of allylic oxidation sites excluding steroid dienone is 2. The van der Waals surface area contributed by atoms with Gasteiger partial charge in [-0.05, 0) is 64.5 Å². The van der Waals surface area contributed by atoms with Crippen molar-refractivity contribution in [1.29, 1.82) is 0 Å². The minimum absolute atomic E-state index is 0.206. The largest absolute Gasteiger partial charge is 0.312 e. The van der Waals surface area contributed by atoms with E-state index in [9.17, 15) is 9.59 Å². The minimum atomic E-state index is 0.206. The molecule has 1 amide bonds. The summed E-state index contributed by atoms with van der Waals surface area (Å²) in [5.74, 6) is 0.479. The molecule has 0 spiro atoms. The summed E-state index contributed by atoms with van der Waals surface area (Å²) >= 11 is 0. The number of nitrogens with zero attached hydrogens (tertiary/aromatic N) is 2. The van der Waals surface area contributed by atoms with Crippen LogP contribution in [-0.2, 0) is 9.59 Å². The smallest absolute Gasteiger partial charge is 0.241 e. The number of likely N-dealkylation sites (tertiary alicyclic amines) is 1. The van der Waals surface area contributed by atoms with Crippen LogP contribution in [0.4, 0.5) is 0 Å². The highest BCUT2D eigenvalue weighted by Crippen LogP contribution is 2.34. The number of aldehydes is 1. The lowest BCUT2D eigenvalue weighted by Crippen LogP contribution is -2.44. The van der Waals surface area contributed by atoms with Crippen LogP contribution in [0.5, 0.6) is 0 Å². The van der Waals surface area contributed by atoms with Crippen LogP contribution in [0.15, 0.2) is 11.8 Å². The molecule has 0 unspecified atom stereocenters. The van der Waals surface area contributed by atoms with Crippen molar-refractivity contribution in [3.05, 3.63) is 11.8 Å². The fourth-order valence-corrected chi connectivity index (χ4v) is 3.49. The van der Waals surface area contributed by atoms with E-state index in [-0.39, 0.29) is 11.8 Å². The van der Waals surface area contributed by atoms with Crippen LogP contribution in [0.2, 0.25) is 0 Å². The van der Waals surface area contributed by atoms with E-state index in [1.807, 2.05) is 0 Å². The summed E-state index contributed by atoms with van der Waals surface area (Å²) in [6.07, 6.45) is 12.1. The molecule has 1 heterocycles. The molecule has 1 saturated carbocycles. The molecule has 116 valence electrons. The quantitative estimate of drug-likeness (QED) is 0.730. The molecule has 0 radical (unpaired) electrons. The molecule has 2 aliphatic carbocycles. The Balaban J connectivity index is 1.57. The highest BCUT2D eigenvalue weighted by molar-refractivity contribution is 5.81. The van der Waals surface area contributed by atoms with Crippen LogP contribution in [0.25, 0.3) is 0 Å². The third kappa shape index (κ3) is 3.73. The molecule has 4 heteroatoms. The summed E-state index contributed by atoms with van der Waals surface area (Å²) in [5.41, 5.74) is 1.27. The molecule has 0 aromatic carbocycles. The predicted molar refractivity (Wildman–Crippen MR) is 81.6 cm³/mol. The standard InChI is InChI=1S/C17H26N2O2/c20-13-14-8-10-18(11-9-14)12-17(21)19(16-6-7-16)15-4-2-1-3-5-15/h4,13-14,16H,1-3,5-12H2. The molecule has 3 rings (SSSR count). The Kier molecular flexibility index (Phi) is 4.73. The molecule has 0 atom stereocenters. The Labute approximate surface area is 127 Å². The van der Waals surface area contributed by atoms with E-state index in [0.29, 0.717) is 12.6 Å². The summed E-state index contributed by atoms with van der Waals surface area (Å²) in [7, 11) is 0. The Morgan fingerprint density at radius 1 is 1.24 bits per heavy atom. The van der Waals surface area contributed by atoms with E-state index in [1.54, 1.807) is 0 Å². The van der Waals surface area contributed by atoms with Gasteiger partial charge in [-0.15, -0.1) is 0 Å². The van der Waals surface area contributed by atoms with Gasteiger partial charge in [0, 0.05) is 17.7 Å². The maximum absolute atomic E-state index is 12.7. The van der Waals surface area contributed by atoms with Crippen molar-refractivity contribution in [3.8, 4) is 0 Å². The van der Waals surface area contributed by atoms with E-state index >= 15 is 0 Å². The Morgan fingerprint density at radius 3 is 2.57 bits per heavy atom. The molecular weight excluding hydrogens is 264 g/mol. The van der Waals surface area contributed by atoms with Crippen LogP contribution in [0, 0.1) is 5.92 Å². The fourth-order valence-electron chi connectivity index (χ4n) is 3.49. The molecule has 4 nitrogen and oxygen atoms in total. The molecular formula is C17H26N2O2. The highest BCUT2D eigenvalue weighted by Gasteiger charge is 2.35. The van der Waals surface area contributed by atoms with E-state index < -0.39 is 0 Å². The van der Waals surface area contributed by atoms with Crippen molar-refractivity contribution in [1.82, 2.24) is 9.80 Å². The number of rotatable bonds is 5. The van der Waals surface area contributed by atoms with Crippen LogP contribution in [0.1, 0.15) is 51.4 Å². The number of hydrogen-bond acceptors (Lipinski definition) is 3. The van der Waals surface area contributed by atoms with Gasteiger partial charge in [-0.1, -0.05) is 6.08 Å². The van der Waals surface area contributed by atoms with Gasteiger partial charge in [0.05, 0.1) is 6.54 Å². The van der Waals surface area contributed by atoms with E-state index in [0.717, 1.165) is 57.9 Å². The third-order valence-corrected chi connectivity index (χ3v) is 4.94. The second-order valence-electron chi connectivity index (χ2n) is 6.69. The monoisotopic (exact) mass is 290 g/mol. The van der Waals surface area contributed by atoms with Crippen molar-refractivity contribution in [2.45, 2.75) is 57.4 Å². The number of carbonyl (C=O) groups excluding carboxylic acids is 2.